The zero-order chi connectivity index (χ0) is 21.7. The molecular formula is C23H23ClN2O3S. The molecule has 7 heteroatoms. The highest BCUT2D eigenvalue weighted by Crippen LogP contribution is 2.22. The van der Waals surface area contributed by atoms with E-state index in [1.807, 2.05) is 44.2 Å². The van der Waals surface area contributed by atoms with Crippen LogP contribution in [0.4, 0.5) is 5.69 Å². The fraction of sp³-hybridized carbons (Fsp3) is 0.174. The van der Waals surface area contributed by atoms with Gasteiger partial charge in [-0.05, 0) is 49.2 Å². The van der Waals surface area contributed by atoms with Crippen molar-refractivity contribution >= 4 is 33.2 Å². The molecule has 3 rings (SSSR count). The molecule has 1 N–H and O–H groups in total. The van der Waals surface area contributed by atoms with E-state index in [1.54, 1.807) is 42.5 Å². The number of carbonyl (C=O) groups is 1. The summed E-state index contributed by atoms with van der Waals surface area (Å²) in [4.78, 5) is 12.9. The molecule has 156 valence electrons. The van der Waals surface area contributed by atoms with Crippen LogP contribution in [-0.4, -0.2) is 25.2 Å². The highest BCUT2D eigenvalue weighted by Gasteiger charge is 2.27. The lowest BCUT2D eigenvalue weighted by atomic mass is 10.2. The lowest BCUT2D eigenvalue weighted by molar-refractivity contribution is -0.116. The summed E-state index contributed by atoms with van der Waals surface area (Å²) >= 11 is 6.02. The van der Waals surface area contributed by atoms with Gasteiger partial charge >= 0.3 is 0 Å². The van der Waals surface area contributed by atoms with E-state index in [0.29, 0.717) is 10.7 Å². The Bertz CT molecular complexity index is 1130. The zero-order valence-electron chi connectivity index (χ0n) is 16.8. The van der Waals surface area contributed by atoms with E-state index < -0.39 is 15.9 Å². The molecule has 0 aromatic heterocycles. The normalized spacial score (nSPS) is 11.5. The quantitative estimate of drug-likeness (QED) is 0.572. The molecule has 0 saturated heterocycles. The molecule has 0 saturated carbocycles. The van der Waals surface area contributed by atoms with Crippen molar-refractivity contribution in [3.8, 4) is 0 Å². The van der Waals surface area contributed by atoms with Gasteiger partial charge in [0.2, 0.25) is 15.9 Å². The highest BCUT2D eigenvalue weighted by molar-refractivity contribution is 7.89. The minimum atomic E-state index is -3.88. The van der Waals surface area contributed by atoms with Crippen LogP contribution >= 0.6 is 11.6 Å². The number of nitrogens with one attached hydrogen (secondary N) is 1. The number of amides is 1. The lowest BCUT2D eigenvalue weighted by Gasteiger charge is -2.22. The number of anilines is 1. The predicted molar refractivity (Wildman–Crippen MR) is 120 cm³/mol. The molecule has 0 fully saturated rings. The fourth-order valence-corrected chi connectivity index (χ4v) is 4.51. The van der Waals surface area contributed by atoms with Gasteiger partial charge in [0.05, 0.1) is 11.4 Å². The van der Waals surface area contributed by atoms with Crippen molar-refractivity contribution in [2.45, 2.75) is 25.3 Å². The molecule has 0 unspecified atom stereocenters. The average Bonchev–Trinajstić information content (AvgIpc) is 2.71. The number of aryl methyl sites for hydroxylation is 2. The molecule has 5 nitrogen and oxygen atoms in total. The Morgan fingerprint density at radius 1 is 0.967 bits per heavy atom. The van der Waals surface area contributed by atoms with E-state index in [2.05, 4.69) is 5.32 Å². The third-order valence-corrected chi connectivity index (χ3v) is 6.70. The number of nitrogens with zero attached hydrogens (tertiary/aromatic N) is 1. The number of hydrogen-bond acceptors (Lipinski definition) is 3. The average molecular weight is 443 g/mol. The molecule has 0 radical (unpaired) electrons. The molecular weight excluding hydrogens is 420 g/mol. The molecule has 0 spiro atoms. The first kappa shape index (κ1) is 22.0. The van der Waals surface area contributed by atoms with Crippen molar-refractivity contribution in [3.05, 3.63) is 94.5 Å². The van der Waals surface area contributed by atoms with Gasteiger partial charge in [-0.3, -0.25) is 4.79 Å². The summed E-state index contributed by atoms with van der Waals surface area (Å²) in [6, 6.07) is 21.0. The smallest absolute Gasteiger partial charge is 0.243 e. The molecule has 30 heavy (non-hydrogen) atoms. The van der Waals surface area contributed by atoms with Gasteiger partial charge in [0, 0.05) is 17.3 Å². The van der Waals surface area contributed by atoms with Gasteiger partial charge in [0.15, 0.2) is 0 Å². The van der Waals surface area contributed by atoms with Crippen LogP contribution in [0.3, 0.4) is 0 Å². The summed E-state index contributed by atoms with van der Waals surface area (Å²) in [6.07, 6.45) is 0. The van der Waals surface area contributed by atoms with Gasteiger partial charge in [0.1, 0.15) is 0 Å². The maximum atomic E-state index is 13.3. The Morgan fingerprint density at radius 2 is 1.63 bits per heavy atom. The van der Waals surface area contributed by atoms with Gasteiger partial charge in [-0.1, -0.05) is 65.7 Å². The van der Waals surface area contributed by atoms with E-state index >= 15 is 0 Å². The van der Waals surface area contributed by atoms with Crippen molar-refractivity contribution in [2.24, 2.45) is 0 Å². The summed E-state index contributed by atoms with van der Waals surface area (Å²) in [5.41, 5.74) is 3.14. The van der Waals surface area contributed by atoms with Gasteiger partial charge < -0.3 is 5.32 Å². The topological polar surface area (TPSA) is 66.5 Å². The number of carbonyl (C=O) groups excluding carboxylic acids is 1. The Labute approximate surface area is 182 Å². The molecule has 0 aliphatic rings. The van der Waals surface area contributed by atoms with Gasteiger partial charge in [0.25, 0.3) is 0 Å². The van der Waals surface area contributed by atoms with E-state index in [4.69, 9.17) is 11.6 Å². The van der Waals surface area contributed by atoms with Crippen LogP contribution in [-0.2, 0) is 21.4 Å². The second-order valence-corrected chi connectivity index (χ2v) is 9.45. The van der Waals surface area contributed by atoms with Crippen molar-refractivity contribution in [2.75, 3.05) is 11.9 Å². The molecule has 0 aliphatic heterocycles. The van der Waals surface area contributed by atoms with Crippen LogP contribution in [0, 0.1) is 13.8 Å². The van der Waals surface area contributed by atoms with Crippen molar-refractivity contribution in [1.82, 2.24) is 4.31 Å². The van der Waals surface area contributed by atoms with Crippen LogP contribution in [0.15, 0.2) is 77.7 Å². The fourth-order valence-electron chi connectivity index (χ4n) is 2.95. The summed E-state index contributed by atoms with van der Waals surface area (Å²) in [5, 5.41) is 3.26. The van der Waals surface area contributed by atoms with E-state index in [-0.39, 0.29) is 18.0 Å². The van der Waals surface area contributed by atoms with Crippen molar-refractivity contribution in [3.63, 3.8) is 0 Å². The maximum absolute atomic E-state index is 13.3. The first-order chi connectivity index (χ1) is 14.3. The maximum Gasteiger partial charge on any atom is 0.243 e. The number of benzene rings is 3. The molecule has 0 aliphatic carbocycles. The second kappa shape index (κ2) is 9.43. The Balaban J connectivity index is 1.88. The Hall–Kier alpha value is -2.67. The van der Waals surface area contributed by atoms with Crippen molar-refractivity contribution in [1.29, 1.82) is 0 Å². The van der Waals surface area contributed by atoms with Gasteiger partial charge in [-0.15, -0.1) is 0 Å². The van der Waals surface area contributed by atoms with Gasteiger partial charge in [-0.25, -0.2) is 8.42 Å². The second-order valence-electron chi connectivity index (χ2n) is 7.08. The monoisotopic (exact) mass is 442 g/mol. The molecule has 3 aromatic carbocycles. The van der Waals surface area contributed by atoms with E-state index in [9.17, 15) is 13.2 Å². The van der Waals surface area contributed by atoms with E-state index in [0.717, 1.165) is 16.7 Å². The van der Waals surface area contributed by atoms with Crippen LogP contribution in [0.25, 0.3) is 0 Å². The summed E-state index contributed by atoms with van der Waals surface area (Å²) < 4.78 is 27.7. The summed E-state index contributed by atoms with van der Waals surface area (Å²) in [6.45, 7) is 3.49. The lowest BCUT2D eigenvalue weighted by Crippen LogP contribution is -2.37. The van der Waals surface area contributed by atoms with Gasteiger partial charge in [-0.2, -0.15) is 4.31 Å². The highest BCUT2D eigenvalue weighted by atomic mass is 35.5. The first-order valence-electron chi connectivity index (χ1n) is 9.42. The first-order valence-corrected chi connectivity index (χ1v) is 11.2. The molecule has 0 heterocycles. The van der Waals surface area contributed by atoms with Crippen LogP contribution < -0.4 is 5.32 Å². The third kappa shape index (κ3) is 5.48. The zero-order valence-corrected chi connectivity index (χ0v) is 18.4. The van der Waals surface area contributed by atoms with Crippen LogP contribution in [0.5, 0.6) is 0 Å². The molecule has 3 aromatic rings. The van der Waals surface area contributed by atoms with Crippen molar-refractivity contribution < 1.29 is 13.2 Å². The number of halogens is 1. The summed E-state index contributed by atoms with van der Waals surface area (Å²) in [7, 11) is -3.88. The predicted octanol–water partition coefficient (Wildman–Crippen LogP) is 4.79. The standard InChI is InChI=1S/C23H23ClN2O3S/c1-17-8-12-21(13-9-17)30(28,29)26(15-19-6-4-3-5-7-19)16-23(27)25-22-14-20(24)11-10-18(22)2/h3-14H,15-16H2,1-2H3,(H,25,27). The van der Waals surface area contributed by atoms with Crippen LogP contribution in [0.2, 0.25) is 5.02 Å². The molecule has 0 bridgehead atoms. The van der Waals surface area contributed by atoms with E-state index in [1.165, 1.54) is 4.31 Å². The van der Waals surface area contributed by atoms with Crippen LogP contribution in [0.1, 0.15) is 16.7 Å². The minimum absolute atomic E-state index is 0.0823. The largest absolute Gasteiger partial charge is 0.325 e. The Morgan fingerprint density at radius 3 is 2.30 bits per heavy atom. The SMILES string of the molecule is Cc1ccc(S(=O)(=O)N(CC(=O)Nc2cc(Cl)ccc2C)Cc2ccccc2)cc1. The molecule has 0 atom stereocenters. The molecule has 1 amide bonds. The minimum Gasteiger partial charge on any atom is -0.325 e. The summed E-state index contributed by atoms with van der Waals surface area (Å²) in [5.74, 6) is -0.438. The number of hydrogen-bond donors (Lipinski definition) is 1. The Kier molecular flexibility index (Phi) is 6.92. The number of sulfonamides is 1. The third-order valence-electron chi connectivity index (χ3n) is 4.65. The number of rotatable bonds is 7.